The summed E-state index contributed by atoms with van der Waals surface area (Å²) in [6.07, 6.45) is 0.820. The van der Waals surface area contributed by atoms with Gasteiger partial charge in [-0.25, -0.2) is 12.7 Å². The molecule has 2 aliphatic heterocycles. The number of rotatable bonds is 2. The van der Waals surface area contributed by atoms with Crippen LogP contribution in [0.2, 0.25) is 0 Å². The standard InChI is InChI=1S/C13H15NO3S2/c1-13(2)12(15)14(19(13,16)17)8-10-7-9-5-3-4-6-11(9)18-10/h3-6,10H,7-8H2,1-2H3. The molecule has 19 heavy (non-hydrogen) atoms. The SMILES string of the molecule is CC1(C)C(=O)N(CC2Cc3ccccc3S2)S1(=O)=O. The molecule has 6 heteroatoms. The minimum Gasteiger partial charge on any atom is -0.272 e. The van der Waals surface area contributed by atoms with E-state index in [1.807, 2.05) is 18.2 Å². The largest absolute Gasteiger partial charge is 0.272 e. The lowest BCUT2D eigenvalue weighted by molar-refractivity contribution is -0.132. The zero-order valence-electron chi connectivity index (χ0n) is 10.8. The highest BCUT2D eigenvalue weighted by Crippen LogP contribution is 2.41. The summed E-state index contributed by atoms with van der Waals surface area (Å²) in [5.41, 5.74) is 1.24. The Morgan fingerprint density at radius 1 is 1.37 bits per heavy atom. The second-order valence-corrected chi connectivity index (χ2v) is 9.16. The van der Waals surface area contributed by atoms with E-state index in [1.54, 1.807) is 11.8 Å². The van der Waals surface area contributed by atoms with Crippen LogP contribution in [0.5, 0.6) is 0 Å². The van der Waals surface area contributed by atoms with Crippen molar-refractivity contribution in [1.29, 1.82) is 0 Å². The molecule has 1 aromatic rings. The van der Waals surface area contributed by atoms with E-state index in [9.17, 15) is 13.2 Å². The average Bonchev–Trinajstić information content (AvgIpc) is 2.77. The van der Waals surface area contributed by atoms with E-state index in [-0.39, 0.29) is 17.7 Å². The molecule has 4 nitrogen and oxygen atoms in total. The van der Waals surface area contributed by atoms with Gasteiger partial charge in [-0.3, -0.25) is 4.79 Å². The molecule has 0 saturated carbocycles. The van der Waals surface area contributed by atoms with Crippen molar-refractivity contribution in [2.45, 2.75) is 35.2 Å². The number of hydrogen-bond acceptors (Lipinski definition) is 4. The molecule has 1 amide bonds. The summed E-state index contributed by atoms with van der Waals surface area (Å²) in [6.45, 7) is 3.22. The van der Waals surface area contributed by atoms with Gasteiger partial charge >= 0.3 is 0 Å². The molecule has 0 radical (unpaired) electrons. The van der Waals surface area contributed by atoms with Crippen LogP contribution in [0, 0.1) is 0 Å². The molecule has 0 spiro atoms. The molecule has 1 aromatic carbocycles. The third-order valence-corrected chi connectivity index (χ3v) is 7.42. The minimum atomic E-state index is -3.45. The van der Waals surface area contributed by atoms with Gasteiger partial charge in [-0.1, -0.05) is 18.2 Å². The van der Waals surface area contributed by atoms with E-state index in [1.165, 1.54) is 24.3 Å². The first-order valence-electron chi connectivity index (χ1n) is 6.15. The molecule has 3 rings (SSSR count). The first kappa shape index (κ1) is 13.0. The number of hydrogen-bond donors (Lipinski definition) is 0. The number of carbonyl (C=O) groups excluding carboxylic acids is 1. The van der Waals surface area contributed by atoms with E-state index in [0.29, 0.717) is 0 Å². The Kier molecular flexibility index (Phi) is 2.73. The Hall–Kier alpha value is -1.01. The van der Waals surface area contributed by atoms with Gasteiger partial charge in [0, 0.05) is 16.7 Å². The summed E-state index contributed by atoms with van der Waals surface area (Å²) >= 11 is 1.66. The fraction of sp³-hybridized carbons (Fsp3) is 0.462. The molecule has 1 unspecified atom stereocenters. The van der Waals surface area contributed by atoms with Gasteiger partial charge in [0.05, 0.1) is 0 Å². The Balaban J connectivity index is 1.75. The fourth-order valence-electron chi connectivity index (χ4n) is 2.48. The van der Waals surface area contributed by atoms with Crippen LogP contribution in [-0.2, 0) is 21.2 Å². The first-order valence-corrected chi connectivity index (χ1v) is 8.47. The van der Waals surface area contributed by atoms with Crippen molar-refractivity contribution in [3.05, 3.63) is 29.8 Å². The van der Waals surface area contributed by atoms with Crippen molar-refractivity contribution < 1.29 is 13.2 Å². The topological polar surface area (TPSA) is 54.5 Å². The summed E-state index contributed by atoms with van der Waals surface area (Å²) < 4.78 is 23.9. The molecule has 0 aromatic heterocycles. The van der Waals surface area contributed by atoms with Crippen LogP contribution in [-0.4, -0.2) is 35.2 Å². The highest BCUT2D eigenvalue weighted by Gasteiger charge is 2.60. The molecule has 0 aliphatic carbocycles. The Labute approximate surface area is 117 Å². The van der Waals surface area contributed by atoms with Crippen LogP contribution in [0.1, 0.15) is 19.4 Å². The van der Waals surface area contributed by atoms with E-state index in [4.69, 9.17) is 0 Å². The smallest absolute Gasteiger partial charge is 0.258 e. The fourth-order valence-corrected chi connectivity index (χ4v) is 5.45. The van der Waals surface area contributed by atoms with Crippen molar-refractivity contribution in [1.82, 2.24) is 4.31 Å². The molecule has 1 saturated heterocycles. The van der Waals surface area contributed by atoms with Gasteiger partial charge < -0.3 is 0 Å². The van der Waals surface area contributed by atoms with E-state index in [2.05, 4.69) is 6.07 Å². The molecule has 2 aliphatic rings. The molecule has 1 atom stereocenters. The van der Waals surface area contributed by atoms with Crippen molar-refractivity contribution >= 4 is 27.7 Å². The van der Waals surface area contributed by atoms with Crippen LogP contribution in [0.3, 0.4) is 0 Å². The maximum Gasteiger partial charge on any atom is 0.258 e. The summed E-state index contributed by atoms with van der Waals surface area (Å²) in [7, 11) is -3.45. The van der Waals surface area contributed by atoms with Crippen LogP contribution >= 0.6 is 11.8 Å². The number of nitrogens with zero attached hydrogens (tertiary/aromatic N) is 1. The van der Waals surface area contributed by atoms with Crippen molar-refractivity contribution in [3.8, 4) is 0 Å². The van der Waals surface area contributed by atoms with Crippen LogP contribution < -0.4 is 0 Å². The lowest BCUT2D eigenvalue weighted by Crippen LogP contribution is -2.68. The highest BCUT2D eigenvalue weighted by atomic mass is 32.2. The quantitative estimate of drug-likeness (QED) is 0.833. The molecule has 102 valence electrons. The van der Waals surface area contributed by atoms with E-state index < -0.39 is 14.8 Å². The maximum atomic E-state index is 12.0. The zero-order chi connectivity index (χ0) is 13.8. The normalized spacial score (nSPS) is 26.9. The number of carbonyl (C=O) groups is 1. The monoisotopic (exact) mass is 297 g/mol. The second kappa shape index (κ2) is 3.99. The number of fused-ring (bicyclic) bond motifs is 1. The van der Waals surface area contributed by atoms with Gasteiger partial charge in [-0.15, -0.1) is 11.8 Å². The first-order chi connectivity index (χ1) is 8.84. The van der Waals surface area contributed by atoms with Crippen molar-refractivity contribution in [2.75, 3.05) is 6.54 Å². The maximum absolute atomic E-state index is 12.0. The number of benzene rings is 1. The second-order valence-electron chi connectivity index (χ2n) is 5.40. The minimum absolute atomic E-state index is 0.132. The predicted molar refractivity (Wildman–Crippen MR) is 74.5 cm³/mol. The number of thioether (sulfide) groups is 1. The average molecular weight is 297 g/mol. The molecular formula is C13H15NO3S2. The lowest BCUT2D eigenvalue weighted by Gasteiger charge is -2.43. The third kappa shape index (κ3) is 1.73. The summed E-state index contributed by atoms with van der Waals surface area (Å²) in [6, 6.07) is 8.05. The van der Waals surface area contributed by atoms with Gasteiger partial charge in [-0.05, 0) is 31.9 Å². The summed E-state index contributed by atoms with van der Waals surface area (Å²) in [5.74, 6) is -0.288. The van der Waals surface area contributed by atoms with Gasteiger partial charge in [0.1, 0.15) is 0 Å². The van der Waals surface area contributed by atoms with Crippen molar-refractivity contribution in [3.63, 3.8) is 0 Å². The molecule has 0 N–H and O–H groups in total. The summed E-state index contributed by atoms with van der Waals surface area (Å²) in [4.78, 5) is 13.1. The number of amides is 1. The van der Waals surface area contributed by atoms with Crippen LogP contribution in [0.4, 0.5) is 0 Å². The van der Waals surface area contributed by atoms with E-state index >= 15 is 0 Å². The van der Waals surface area contributed by atoms with Crippen LogP contribution in [0.15, 0.2) is 29.2 Å². The van der Waals surface area contributed by atoms with Crippen LogP contribution in [0.25, 0.3) is 0 Å². The third-order valence-electron chi connectivity index (χ3n) is 3.76. The molecular weight excluding hydrogens is 282 g/mol. The molecule has 2 heterocycles. The van der Waals surface area contributed by atoms with Gasteiger partial charge in [0.2, 0.25) is 0 Å². The Morgan fingerprint density at radius 3 is 2.68 bits per heavy atom. The summed E-state index contributed by atoms with van der Waals surface area (Å²) in [5, 5.41) is 0.132. The highest BCUT2D eigenvalue weighted by molar-refractivity contribution is 8.00. The predicted octanol–water partition coefficient (Wildman–Crippen LogP) is 1.65. The van der Waals surface area contributed by atoms with Gasteiger partial charge in [-0.2, -0.15) is 0 Å². The van der Waals surface area contributed by atoms with Gasteiger partial charge in [0.25, 0.3) is 15.9 Å². The lowest BCUT2D eigenvalue weighted by atomic mass is 10.1. The zero-order valence-corrected chi connectivity index (χ0v) is 12.4. The van der Waals surface area contributed by atoms with E-state index in [0.717, 1.165) is 10.7 Å². The van der Waals surface area contributed by atoms with Crippen molar-refractivity contribution in [2.24, 2.45) is 0 Å². The Morgan fingerprint density at radius 2 is 2.05 bits per heavy atom. The van der Waals surface area contributed by atoms with Gasteiger partial charge in [0.15, 0.2) is 4.75 Å². The number of sulfonamides is 1. The molecule has 1 fully saturated rings. The molecule has 0 bridgehead atoms. The Bertz CT molecular complexity index is 627.